The minimum Gasteiger partial charge on any atom is -0.313 e. The summed E-state index contributed by atoms with van der Waals surface area (Å²) in [5.74, 6) is 0. The Balaban J connectivity index is 2.73. The Kier molecular flexibility index (Phi) is 7.75. The summed E-state index contributed by atoms with van der Waals surface area (Å²) in [6.45, 7) is 5.56. The average Bonchev–Trinajstić information content (AvgIpc) is 2.39. The summed E-state index contributed by atoms with van der Waals surface area (Å²) in [5.41, 5.74) is 2.05. The van der Waals surface area contributed by atoms with Gasteiger partial charge < -0.3 is 5.32 Å². The van der Waals surface area contributed by atoms with E-state index in [1.165, 1.54) is 4.90 Å². The van der Waals surface area contributed by atoms with Crippen LogP contribution in [0.5, 0.6) is 0 Å². The van der Waals surface area contributed by atoms with Gasteiger partial charge in [0.2, 0.25) is 0 Å². The molecule has 0 unspecified atom stereocenters. The van der Waals surface area contributed by atoms with E-state index in [9.17, 15) is 13.2 Å². The Hall–Kier alpha value is -1.07. The van der Waals surface area contributed by atoms with Crippen LogP contribution >= 0.6 is 0 Å². The predicted molar refractivity (Wildman–Crippen MR) is 80.1 cm³/mol. The van der Waals surface area contributed by atoms with Crippen LogP contribution in [-0.2, 0) is 13.1 Å². The molecule has 2 nitrogen and oxygen atoms in total. The minimum absolute atomic E-state index is 0.345. The van der Waals surface area contributed by atoms with Crippen LogP contribution in [0.3, 0.4) is 0 Å². The highest BCUT2D eigenvalue weighted by atomic mass is 19.4. The second kappa shape index (κ2) is 9.05. The van der Waals surface area contributed by atoms with Gasteiger partial charge in [0.25, 0.3) is 0 Å². The summed E-state index contributed by atoms with van der Waals surface area (Å²) in [4.78, 5) is 1.47. The largest absolute Gasteiger partial charge is 0.401 e. The highest BCUT2D eigenvalue weighted by molar-refractivity contribution is 5.27. The van der Waals surface area contributed by atoms with Crippen molar-refractivity contribution >= 4 is 0 Å². The topological polar surface area (TPSA) is 15.3 Å². The van der Waals surface area contributed by atoms with Crippen molar-refractivity contribution < 1.29 is 13.2 Å². The van der Waals surface area contributed by atoms with Crippen molar-refractivity contribution in [1.29, 1.82) is 0 Å². The Morgan fingerprint density at radius 1 is 1.05 bits per heavy atom. The number of benzene rings is 1. The number of hydrogen-bond acceptors (Lipinski definition) is 2. The van der Waals surface area contributed by atoms with E-state index in [4.69, 9.17) is 0 Å². The fraction of sp³-hybridized carbons (Fsp3) is 0.625. The molecule has 120 valence electrons. The van der Waals surface area contributed by atoms with Crippen molar-refractivity contribution in [3.05, 3.63) is 35.4 Å². The van der Waals surface area contributed by atoms with E-state index in [2.05, 4.69) is 12.2 Å². The molecule has 5 heteroatoms. The van der Waals surface area contributed by atoms with E-state index in [1.54, 1.807) is 0 Å². The SMILES string of the molecule is CCCNCc1ccccc1CN(CCC)CC(F)(F)F. The maximum atomic E-state index is 12.6. The Morgan fingerprint density at radius 2 is 1.71 bits per heavy atom. The van der Waals surface area contributed by atoms with Crippen LogP contribution in [0, 0.1) is 0 Å². The third kappa shape index (κ3) is 7.48. The number of halogens is 3. The molecule has 1 rings (SSSR count). The summed E-state index contributed by atoms with van der Waals surface area (Å²) in [6, 6.07) is 7.72. The number of nitrogens with zero attached hydrogens (tertiary/aromatic N) is 1. The van der Waals surface area contributed by atoms with Crippen molar-refractivity contribution in [2.75, 3.05) is 19.6 Å². The van der Waals surface area contributed by atoms with Crippen LogP contribution in [0.4, 0.5) is 13.2 Å². The van der Waals surface area contributed by atoms with E-state index < -0.39 is 12.7 Å². The summed E-state index contributed by atoms with van der Waals surface area (Å²) in [7, 11) is 0. The van der Waals surface area contributed by atoms with E-state index in [0.29, 0.717) is 26.1 Å². The molecule has 0 aromatic heterocycles. The molecule has 0 bridgehead atoms. The van der Waals surface area contributed by atoms with Gasteiger partial charge in [0.05, 0.1) is 6.54 Å². The molecule has 0 aliphatic rings. The van der Waals surface area contributed by atoms with Gasteiger partial charge in [-0.2, -0.15) is 13.2 Å². The van der Waals surface area contributed by atoms with Crippen LogP contribution < -0.4 is 5.32 Å². The maximum Gasteiger partial charge on any atom is 0.401 e. The highest BCUT2D eigenvalue weighted by Crippen LogP contribution is 2.19. The van der Waals surface area contributed by atoms with Crippen molar-refractivity contribution in [3.8, 4) is 0 Å². The van der Waals surface area contributed by atoms with Gasteiger partial charge in [0.1, 0.15) is 0 Å². The summed E-state index contributed by atoms with van der Waals surface area (Å²) in [5, 5.41) is 3.30. The van der Waals surface area contributed by atoms with Gasteiger partial charge in [-0.05, 0) is 37.1 Å². The number of hydrogen-bond donors (Lipinski definition) is 1. The average molecular weight is 302 g/mol. The third-order valence-electron chi connectivity index (χ3n) is 3.20. The van der Waals surface area contributed by atoms with Crippen molar-refractivity contribution in [2.45, 2.75) is 46.0 Å². The van der Waals surface area contributed by atoms with Crippen molar-refractivity contribution in [3.63, 3.8) is 0 Å². The summed E-state index contributed by atoms with van der Waals surface area (Å²) < 4.78 is 37.9. The van der Waals surface area contributed by atoms with Gasteiger partial charge >= 0.3 is 6.18 Å². The normalized spacial score (nSPS) is 12.1. The van der Waals surface area contributed by atoms with Crippen LogP contribution in [0.15, 0.2) is 24.3 Å². The zero-order chi connectivity index (χ0) is 15.7. The van der Waals surface area contributed by atoms with Gasteiger partial charge in [-0.3, -0.25) is 4.90 Å². The van der Waals surface area contributed by atoms with E-state index in [0.717, 1.165) is 24.1 Å². The summed E-state index contributed by atoms with van der Waals surface area (Å²) in [6.07, 6.45) is -2.39. The molecule has 0 heterocycles. The Labute approximate surface area is 125 Å². The lowest BCUT2D eigenvalue weighted by atomic mass is 10.1. The highest BCUT2D eigenvalue weighted by Gasteiger charge is 2.30. The molecule has 0 fully saturated rings. The number of rotatable bonds is 9. The zero-order valence-corrected chi connectivity index (χ0v) is 12.8. The molecule has 0 spiro atoms. The van der Waals surface area contributed by atoms with Crippen LogP contribution in [0.1, 0.15) is 37.8 Å². The van der Waals surface area contributed by atoms with Crippen LogP contribution in [0.2, 0.25) is 0 Å². The van der Waals surface area contributed by atoms with Gasteiger partial charge in [-0.1, -0.05) is 38.1 Å². The molecule has 21 heavy (non-hydrogen) atoms. The molecule has 0 saturated carbocycles. The quantitative estimate of drug-likeness (QED) is 0.695. The third-order valence-corrected chi connectivity index (χ3v) is 3.20. The first-order valence-corrected chi connectivity index (χ1v) is 7.52. The first kappa shape index (κ1) is 18.0. The van der Waals surface area contributed by atoms with Crippen LogP contribution in [-0.4, -0.2) is 30.7 Å². The van der Waals surface area contributed by atoms with Crippen LogP contribution in [0.25, 0.3) is 0 Å². The van der Waals surface area contributed by atoms with Crippen molar-refractivity contribution in [2.24, 2.45) is 0 Å². The lowest BCUT2D eigenvalue weighted by Gasteiger charge is -2.24. The molecular weight excluding hydrogens is 277 g/mol. The Morgan fingerprint density at radius 3 is 2.29 bits per heavy atom. The van der Waals surface area contributed by atoms with Gasteiger partial charge in [-0.25, -0.2) is 0 Å². The smallest absolute Gasteiger partial charge is 0.313 e. The molecule has 0 atom stereocenters. The molecule has 0 aliphatic heterocycles. The first-order valence-electron chi connectivity index (χ1n) is 7.52. The molecule has 1 N–H and O–H groups in total. The summed E-state index contributed by atoms with van der Waals surface area (Å²) >= 11 is 0. The standard InChI is InChI=1S/C16H25F3N2/c1-3-9-20-11-14-7-5-6-8-15(14)12-21(10-4-2)13-16(17,18)19/h5-8,20H,3-4,9-13H2,1-2H3. The number of alkyl halides is 3. The molecule has 1 aromatic rings. The number of nitrogens with one attached hydrogen (secondary N) is 1. The molecule has 1 aromatic carbocycles. The van der Waals surface area contributed by atoms with Crippen molar-refractivity contribution in [1.82, 2.24) is 10.2 Å². The van der Waals surface area contributed by atoms with Gasteiger partial charge in [0, 0.05) is 13.1 Å². The van der Waals surface area contributed by atoms with E-state index in [-0.39, 0.29) is 0 Å². The Bertz CT molecular complexity index is 405. The first-order chi connectivity index (χ1) is 9.96. The second-order valence-corrected chi connectivity index (χ2v) is 5.27. The lowest BCUT2D eigenvalue weighted by Crippen LogP contribution is -2.34. The predicted octanol–water partition coefficient (Wildman–Crippen LogP) is 3.96. The molecular formula is C16H25F3N2. The lowest BCUT2D eigenvalue weighted by molar-refractivity contribution is -0.147. The van der Waals surface area contributed by atoms with Gasteiger partial charge in [0.15, 0.2) is 0 Å². The van der Waals surface area contributed by atoms with E-state index >= 15 is 0 Å². The monoisotopic (exact) mass is 302 g/mol. The maximum absolute atomic E-state index is 12.6. The molecule has 0 saturated heterocycles. The van der Waals surface area contributed by atoms with E-state index in [1.807, 2.05) is 31.2 Å². The fourth-order valence-electron chi connectivity index (χ4n) is 2.31. The molecule has 0 amide bonds. The minimum atomic E-state index is -4.15. The van der Waals surface area contributed by atoms with Gasteiger partial charge in [-0.15, -0.1) is 0 Å². The second-order valence-electron chi connectivity index (χ2n) is 5.27. The zero-order valence-electron chi connectivity index (χ0n) is 12.8. The fourth-order valence-corrected chi connectivity index (χ4v) is 2.31. The molecule has 0 radical (unpaired) electrons. The molecule has 0 aliphatic carbocycles.